The first kappa shape index (κ1) is 15.8. The molecule has 128 valence electrons. The van der Waals surface area contributed by atoms with E-state index in [0.717, 1.165) is 28.5 Å². The van der Waals surface area contributed by atoms with Crippen molar-refractivity contribution in [3.8, 4) is 10.8 Å². The molecule has 1 atom stereocenters. The normalized spacial score (nSPS) is 16.8. The molecular formula is C16H15FN6OS. The van der Waals surface area contributed by atoms with Crippen LogP contribution in [0.25, 0.3) is 10.8 Å². The van der Waals surface area contributed by atoms with E-state index < -0.39 is 5.82 Å². The second-order valence-corrected chi connectivity index (χ2v) is 6.59. The SMILES string of the molecule is Cc1nsc(-c2ncc3n2CCN(C(=O)c2ccc(F)cn2)[C@@H]3C)n1. The Balaban J connectivity index is 1.63. The van der Waals surface area contributed by atoms with Gasteiger partial charge in [0.2, 0.25) is 0 Å². The van der Waals surface area contributed by atoms with Gasteiger partial charge < -0.3 is 9.47 Å². The van der Waals surface area contributed by atoms with Gasteiger partial charge in [-0.2, -0.15) is 4.37 Å². The number of imidazole rings is 1. The lowest BCUT2D eigenvalue weighted by Gasteiger charge is -2.34. The molecule has 1 aliphatic rings. The summed E-state index contributed by atoms with van der Waals surface area (Å²) in [4.78, 5) is 27.2. The van der Waals surface area contributed by atoms with E-state index in [4.69, 9.17) is 0 Å². The van der Waals surface area contributed by atoms with Crippen LogP contribution >= 0.6 is 11.5 Å². The van der Waals surface area contributed by atoms with Crippen molar-refractivity contribution in [3.63, 3.8) is 0 Å². The summed E-state index contributed by atoms with van der Waals surface area (Å²) in [5.74, 6) is 0.825. The highest BCUT2D eigenvalue weighted by atomic mass is 32.1. The molecule has 9 heteroatoms. The van der Waals surface area contributed by atoms with Crippen molar-refractivity contribution in [2.24, 2.45) is 0 Å². The summed E-state index contributed by atoms with van der Waals surface area (Å²) in [6.45, 7) is 4.93. The molecule has 0 fully saturated rings. The Labute approximate surface area is 147 Å². The second-order valence-electron chi connectivity index (χ2n) is 5.84. The molecule has 0 aromatic carbocycles. The van der Waals surface area contributed by atoms with Crippen LogP contribution in [0, 0.1) is 12.7 Å². The van der Waals surface area contributed by atoms with Crippen LogP contribution in [0.3, 0.4) is 0 Å². The molecule has 0 spiro atoms. The molecule has 25 heavy (non-hydrogen) atoms. The zero-order chi connectivity index (χ0) is 17.6. The third kappa shape index (κ3) is 2.70. The number of halogens is 1. The zero-order valence-electron chi connectivity index (χ0n) is 13.7. The van der Waals surface area contributed by atoms with Crippen LogP contribution < -0.4 is 0 Å². The molecule has 0 aliphatic carbocycles. The fourth-order valence-electron chi connectivity index (χ4n) is 3.00. The number of carbonyl (C=O) groups excluding carboxylic acids is 1. The van der Waals surface area contributed by atoms with Gasteiger partial charge in [0, 0.05) is 13.1 Å². The van der Waals surface area contributed by atoms with Crippen molar-refractivity contribution < 1.29 is 9.18 Å². The van der Waals surface area contributed by atoms with E-state index in [9.17, 15) is 9.18 Å². The Bertz CT molecular complexity index is 935. The highest BCUT2D eigenvalue weighted by Gasteiger charge is 2.31. The highest BCUT2D eigenvalue weighted by molar-refractivity contribution is 7.09. The summed E-state index contributed by atoms with van der Waals surface area (Å²) in [7, 11) is 0. The largest absolute Gasteiger partial charge is 0.327 e. The maximum Gasteiger partial charge on any atom is 0.273 e. The van der Waals surface area contributed by atoms with Gasteiger partial charge in [-0.15, -0.1) is 0 Å². The molecule has 1 aliphatic heterocycles. The molecule has 0 saturated carbocycles. The van der Waals surface area contributed by atoms with Crippen molar-refractivity contribution in [1.82, 2.24) is 28.8 Å². The van der Waals surface area contributed by atoms with Crippen LogP contribution in [-0.4, -0.2) is 41.2 Å². The molecule has 1 amide bonds. The predicted octanol–water partition coefficient (Wildman–Crippen LogP) is 2.46. The van der Waals surface area contributed by atoms with Crippen LogP contribution in [-0.2, 0) is 6.54 Å². The van der Waals surface area contributed by atoms with E-state index in [0.29, 0.717) is 13.1 Å². The third-order valence-corrected chi connectivity index (χ3v) is 5.08. The van der Waals surface area contributed by atoms with E-state index in [1.54, 1.807) is 11.1 Å². The fourth-order valence-corrected chi connectivity index (χ4v) is 3.68. The van der Waals surface area contributed by atoms with E-state index in [1.165, 1.54) is 23.7 Å². The molecule has 3 aromatic heterocycles. The molecule has 7 nitrogen and oxygen atoms in total. The number of pyridine rings is 1. The predicted molar refractivity (Wildman–Crippen MR) is 89.5 cm³/mol. The number of aryl methyl sites for hydroxylation is 1. The van der Waals surface area contributed by atoms with Crippen molar-refractivity contribution in [3.05, 3.63) is 47.6 Å². The molecule has 0 saturated heterocycles. The van der Waals surface area contributed by atoms with Crippen molar-refractivity contribution in [2.45, 2.75) is 26.4 Å². The van der Waals surface area contributed by atoms with E-state index in [1.807, 2.05) is 13.8 Å². The van der Waals surface area contributed by atoms with Gasteiger partial charge >= 0.3 is 0 Å². The Hall–Kier alpha value is -2.68. The molecule has 0 bridgehead atoms. The highest BCUT2D eigenvalue weighted by Crippen LogP contribution is 2.31. The summed E-state index contributed by atoms with van der Waals surface area (Å²) in [6.07, 6.45) is 2.83. The number of hydrogen-bond acceptors (Lipinski definition) is 6. The average Bonchev–Trinajstić information content (AvgIpc) is 3.21. The monoisotopic (exact) mass is 358 g/mol. The summed E-state index contributed by atoms with van der Waals surface area (Å²) >= 11 is 1.32. The lowest BCUT2D eigenvalue weighted by molar-refractivity contribution is 0.0638. The van der Waals surface area contributed by atoms with Gasteiger partial charge in [0.1, 0.15) is 17.3 Å². The lowest BCUT2D eigenvalue weighted by Crippen LogP contribution is -2.41. The molecule has 0 radical (unpaired) electrons. The standard InChI is InChI=1S/C16H15FN6OS/c1-9-13-8-19-14(15-20-10(2)21-25-15)23(13)6-5-22(9)16(24)12-4-3-11(17)7-18-12/h3-4,7-9H,5-6H2,1-2H3/t9-/m1/s1. The first-order valence-electron chi connectivity index (χ1n) is 7.83. The molecule has 0 unspecified atom stereocenters. The smallest absolute Gasteiger partial charge is 0.273 e. The Morgan fingerprint density at radius 1 is 1.28 bits per heavy atom. The Morgan fingerprint density at radius 3 is 2.80 bits per heavy atom. The number of hydrogen-bond donors (Lipinski definition) is 0. The van der Waals surface area contributed by atoms with Crippen LogP contribution in [0.2, 0.25) is 0 Å². The van der Waals surface area contributed by atoms with Crippen molar-refractivity contribution in [1.29, 1.82) is 0 Å². The second kappa shape index (κ2) is 5.99. The van der Waals surface area contributed by atoms with Gasteiger partial charge in [0.05, 0.1) is 24.1 Å². The van der Waals surface area contributed by atoms with Gasteiger partial charge in [0.25, 0.3) is 5.91 Å². The molecular weight excluding hydrogens is 343 g/mol. The topological polar surface area (TPSA) is 76.8 Å². The Kier molecular flexibility index (Phi) is 3.79. The summed E-state index contributed by atoms with van der Waals surface area (Å²) in [6, 6.07) is 2.49. The number of fused-ring (bicyclic) bond motifs is 1. The third-order valence-electron chi connectivity index (χ3n) is 4.27. The quantitative estimate of drug-likeness (QED) is 0.703. The summed E-state index contributed by atoms with van der Waals surface area (Å²) < 4.78 is 19.3. The van der Waals surface area contributed by atoms with Gasteiger partial charge in [-0.05, 0) is 37.5 Å². The summed E-state index contributed by atoms with van der Waals surface area (Å²) in [5.41, 5.74) is 1.17. The number of aromatic nitrogens is 5. The first-order valence-corrected chi connectivity index (χ1v) is 8.60. The van der Waals surface area contributed by atoms with Crippen LogP contribution in [0.1, 0.15) is 35.0 Å². The summed E-state index contributed by atoms with van der Waals surface area (Å²) in [5, 5.41) is 0.774. The minimum absolute atomic E-state index is 0.164. The minimum Gasteiger partial charge on any atom is -0.327 e. The maximum absolute atomic E-state index is 13.0. The molecule has 4 heterocycles. The van der Waals surface area contributed by atoms with Gasteiger partial charge in [-0.1, -0.05) is 0 Å². The maximum atomic E-state index is 13.0. The van der Waals surface area contributed by atoms with Crippen LogP contribution in [0.5, 0.6) is 0 Å². The van der Waals surface area contributed by atoms with Gasteiger partial charge in [-0.25, -0.2) is 19.3 Å². The Morgan fingerprint density at radius 2 is 2.12 bits per heavy atom. The van der Waals surface area contributed by atoms with Gasteiger partial charge in [-0.3, -0.25) is 4.79 Å². The average molecular weight is 358 g/mol. The van der Waals surface area contributed by atoms with Crippen molar-refractivity contribution in [2.75, 3.05) is 6.54 Å². The molecule has 4 rings (SSSR count). The van der Waals surface area contributed by atoms with Crippen LogP contribution in [0.15, 0.2) is 24.5 Å². The van der Waals surface area contributed by atoms with Gasteiger partial charge in [0.15, 0.2) is 10.8 Å². The number of nitrogens with zero attached hydrogens (tertiary/aromatic N) is 6. The van der Waals surface area contributed by atoms with E-state index in [-0.39, 0.29) is 17.6 Å². The molecule has 3 aromatic rings. The number of carbonyl (C=O) groups is 1. The first-order chi connectivity index (χ1) is 12.0. The lowest BCUT2D eigenvalue weighted by atomic mass is 10.1. The van der Waals surface area contributed by atoms with Crippen molar-refractivity contribution >= 4 is 17.4 Å². The molecule has 0 N–H and O–H groups in total. The number of rotatable bonds is 2. The fraction of sp³-hybridized carbons (Fsp3) is 0.312. The zero-order valence-corrected chi connectivity index (χ0v) is 14.5. The minimum atomic E-state index is -0.460. The van der Waals surface area contributed by atoms with E-state index >= 15 is 0 Å². The van der Waals surface area contributed by atoms with E-state index in [2.05, 4.69) is 23.9 Å². The van der Waals surface area contributed by atoms with Crippen LogP contribution in [0.4, 0.5) is 4.39 Å². The number of amides is 1.